The molecule has 1 aliphatic rings. The second kappa shape index (κ2) is 5.54. The Labute approximate surface area is 117 Å². The maximum Gasteiger partial charge on any atom is 0.352 e. The molecule has 0 radical (unpaired) electrons. The van der Waals surface area contributed by atoms with Gasteiger partial charge in [0.2, 0.25) is 0 Å². The summed E-state index contributed by atoms with van der Waals surface area (Å²) in [5.74, 6) is -0.851. The van der Waals surface area contributed by atoms with Crippen LogP contribution in [0.1, 0.15) is 34.9 Å². The number of hydrogen-bond acceptors (Lipinski definition) is 3. The Morgan fingerprint density at radius 1 is 1.35 bits per heavy atom. The molecule has 106 valence electrons. The average Bonchev–Trinajstić information content (AvgIpc) is 3.10. The largest absolute Gasteiger partial charge is 0.477 e. The molecule has 0 amide bonds. The third kappa shape index (κ3) is 2.63. The van der Waals surface area contributed by atoms with Crippen LogP contribution in [0, 0.1) is 0 Å². The smallest absolute Gasteiger partial charge is 0.352 e. The Hall–Kier alpha value is -2.01. The van der Waals surface area contributed by atoms with Crippen molar-refractivity contribution in [2.75, 3.05) is 13.1 Å². The molecule has 0 atom stereocenters. The number of carbonyl (C=O) groups is 1. The average molecular weight is 274 g/mol. The van der Waals surface area contributed by atoms with Gasteiger partial charge in [0.05, 0.1) is 12.5 Å². The standard InChI is InChI=1S/C15H18N2O3/c18-15(19)14-2-1-6-17(14)13-3-7-16(8-4-13)10-12-5-9-20-11-12/h1-2,5-6,9,11,13H,3-4,7-8,10H2,(H,18,19). The van der Waals surface area contributed by atoms with Crippen LogP contribution in [0.3, 0.4) is 0 Å². The molecule has 3 rings (SSSR count). The Morgan fingerprint density at radius 2 is 2.15 bits per heavy atom. The first-order valence-corrected chi connectivity index (χ1v) is 6.87. The lowest BCUT2D eigenvalue weighted by molar-refractivity contribution is 0.0678. The molecule has 0 aromatic carbocycles. The van der Waals surface area contributed by atoms with Crippen LogP contribution in [-0.2, 0) is 6.54 Å². The number of rotatable bonds is 4. The van der Waals surface area contributed by atoms with Gasteiger partial charge in [-0.15, -0.1) is 0 Å². The second-order valence-corrected chi connectivity index (χ2v) is 5.24. The monoisotopic (exact) mass is 274 g/mol. The van der Waals surface area contributed by atoms with Crippen molar-refractivity contribution in [1.29, 1.82) is 0 Å². The van der Waals surface area contributed by atoms with Crippen molar-refractivity contribution in [3.8, 4) is 0 Å². The van der Waals surface area contributed by atoms with Gasteiger partial charge in [-0.3, -0.25) is 4.90 Å². The molecule has 2 aromatic heterocycles. The van der Waals surface area contributed by atoms with Crippen LogP contribution in [-0.4, -0.2) is 33.6 Å². The van der Waals surface area contributed by atoms with E-state index in [2.05, 4.69) is 4.90 Å². The zero-order valence-corrected chi connectivity index (χ0v) is 11.2. The predicted molar refractivity (Wildman–Crippen MR) is 73.6 cm³/mol. The summed E-state index contributed by atoms with van der Waals surface area (Å²) < 4.78 is 6.98. The van der Waals surface area contributed by atoms with Gasteiger partial charge < -0.3 is 14.1 Å². The number of piperidine rings is 1. The van der Waals surface area contributed by atoms with Gasteiger partial charge >= 0.3 is 5.97 Å². The van der Waals surface area contributed by atoms with E-state index in [9.17, 15) is 4.79 Å². The molecule has 2 aromatic rings. The SMILES string of the molecule is O=C(O)c1cccn1C1CCN(Cc2ccoc2)CC1. The molecule has 5 heteroatoms. The number of aromatic nitrogens is 1. The van der Waals surface area contributed by atoms with Gasteiger partial charge in [0.1, 0.15) is 5.69 Å². The van der Waals surface area contributed by atoms with E-state index >= 15 is 0 Å². The van der Waals surface area contributed by atoms with Crippen molar-refractivity contribution in [2.24, 2.45) is 0 Å². The van der Waals surface area contributed by atoms with E-state index in [1.807, 2.05) is 16.8 Å². The van der Waals surface area contributed by atoms with E-state index in [0.29, 0.717) is 5.69 Å². The summed E-state index contributed by atoms with van der Waals surface area (Å²) in [7, 11) is 0. The van der Waals surface area contributed by atoms with Crippen LogP contribution in [0.2, 0.25) is 0 Å². The number of aromatic carboxylic acids is 1. The van der Waals surface area contributed by atoms with E-state index in [1.165, 1.54) is 5.56 Å². The molecule has 0 saturated carbocycles. The number of likely N-dealkylation sites (tertiary alicyclic amines) is 1. The van der Waals surface area contributed by atoms with Gasteiger partial charge in [0.15, 0.2) is 0 Å². The van der Waals surface area contributed by atoms with Crippen LogP contribution < -0.4 is 0 Å². The van der Waals surface area contributed by atoms with Crippen LogP contribution in [0.5, 0.6) is 0 Å². The first kappa shape index (κ1) is 13.0. The van der Waals surface area contributed by atoms with Gasteiger partial charge in [0.25, 0.3) is 0 Å². The number of furan rings is 1. The van der Waals surface area contributed by atoms with Crippen molar-refractivity contribution < 1.29 is 14.3 Å². The third-order valence-electron chi connectivity index (χ3n) is 3.93. The molecule has 0 aliphatic carbocycles. The van der Waals surface area contributed by atoms with E-state index in [0.717, 1.165) is 32.5 Å². The molecule has 1 N–H and O–H groups in total. The first-order chi connectivity index (χ1) is 9.74. The summed E-state index contributed by atoms with van der Waals surface area (Å²) in [6.07, 6.45) is 7.31. The zero-order chi connectivity index (χ0) is 13.9. The lowest BCUT2D eigenvalue weighted by atomic mass is 10.0. The van der Waals surface area contributed by atoms with E-state index < -0.39 is 5.97 Å². The maximum atomic E-state index is 11.2. The second-order valence-electron chi connectivity index (χ2n) is 5.24. The summed E-state index contributed by atoms with van der Waals surface area (Å²) >= 11 is 0. The molecular formula is C15H18N2O3. The Morgan fingerprint density at radius 3 is 2.80 bits per heavy atom. The van der Waals surface area contributed by atoms with E-state index in [4.69, 9.17) is 9.52 Å². The van der Waals surface area contributed by atoms with E-state index in [1.54, 1.807) is 24.7 Å². The Bertz CT molecular complexity index is 566. The predicted octanol–water partition coefficient (Wildman–Crippen LogP) is 2.62. The summed E-state index contributed by atoms with van der Waals surface area (Å²) in [6, 6.07) is 5.75. The highest BCUT2D eigenvalue weighted by molar-refractivity contribution is 5.85. The zero-order valence-electron chi connectivity index (χ0n) is 11.2. The summed E-state index contributed by atoms with van der Waals surface area (Å²) in [5.41, 5.74) is 1.58. The number of carboxylic acid groups (broad SMARTS) is 1. The third-order valence-corrected chi connectivity index (χ3v) is 3.93. The highest BCUT2D eigenvalue weighted by Gasteiger charge is 2.23. The normalized spacial score (nSPS) is 17.4. The molecular weight excluding hydrogens is 256 g/mol. The van der Waals surface area contributed by atoms with Crippen molar-refractivity contribution >= 4 is 5.97 Å². The maximum absolute atomic E-state index is 11.2. The minimum atomic E-state index is -0.851. The number of hydrogen-bond donors (Lipinski definition) is 1. The first-order valence-electron chi connectivity index (χ1n) is 6.87. The minimum Gasteiger partial charge on any atom is -0.477 e. The van der Waals surface area contributed by atoms with E-state index in [-0.39, 0.29) is 6.04 Å². The fourth-order valence-electron chi connectivity index (χ4n) is 2.89. The summed E-state index contributed by atoms with van der Waals surface area (Å²) in [4.78, 5) is 13.5. The van der Waals surface area contributed by atoms with Crippen molar-refractivity contribution in [2.45, 2.75) is 25.4 Å². The highest BCUT2D eigenvalue weighted by Crippen LogP contribution is 2.25. The fourth-order valence-corrected chi connectivity index (χ4v) is 2.89. The molecule has 1 aliphatic heterocycles. The lowest BCUT2D eigenvalue weighted by Gasteiger charge is -2.33. The fraction of sp³-hybridized carbons (Fsp3) is 0.400. The quantitative estimate of drug-likeness (QED) is 0.931. The summed E-state index contributed by atoms with van der Waals surface area (Å²) in [5, 5.41) is 9.17. The molecule has 0 unspecified atom stereocenters. The van der Waals surface area contributed by atoms with Gasteiger partial charge in [-0.25, -0.2) is 4.79 Å². The van der Waals surface area contributed by atoms with Gasteiger partial charge in [0, 0.05) is 37.4 Å². The molecule has 0 bridgehead atoms. The topological polar surface area (TPSA) is 58.6 Å². The van der Waals surface area contributed by atoms with Crippen LogP contribution in [0.15, 0.2) is 41.3 Å². The Kier molecular flexibility index (Phi) is 3.60. The molecule has 1 fully saturated rings. The molecule has 1 saturated heterocycles. The number of nitrogens with zero attached hydrogens (tertiary/aromatic N) is 2. The van der Waals surface area contributed by atoms with Gasteiger partial charge in [-0.1, -0.05) is 0 Å². The van der Waals surface area contributed by atoms with Crippen LogP contribution >= 0.6 is 0 Å². The highest BCUT2D eigenvalue weighted by atomic mass is 16.4. The van der Waals surface area contributed by atoms with Crippen LogP contribution in [0.4, 0.5) is 0 Å². The van der Waals surface area contributed by atoms with Gasteiger partial charge in [-0.05, 0) is 31.0 Å². The molecule has 5 nitrogen and oxygen atoms in total. The van der Waals surface area contributed by atoms with Gasteiger partial charge in [-0.2, -0.15) is 0 Å². The van der Waals surface area contributed by atoms with Crippen molar-refractivity contribution in [3.05, 3.63) is 48.2 Å². The molecule has 0 spiro atoms. The van der Waals surface area contributed by atoms with Crippen molar-refractivity contribution in [3.63, 3.8) is 0 Å². The minimum absolute atomic E-state index is 0.289. The summed E-state index contributed by atoms with van der Waals surface area (Å²) in [6.45, 7) is 2.86. The number of carboxylic acids is 1. The molecule has 3 heterocycles. The Balaban J connectivity index is 1.61. The lowest BCUT2D eigenvalue weighted by Crippen LogP contribution is -2.34. The molecule has 20 heavy (non-hydrogen) atoms. The van der Waals surface area contributed by atoms with Crippen molar-refractivity contribution in [1.82, 2.24) is 9.47 Å². The van der Waals surface area contributed by atoms with Crippen LogP contribution in [0.25, 0.3) is 0 Å².